The van der Waals surface area contributed by atoms with E-state index < -0.39 is 0 Å². The van der Waals surface area contributed by atoms with Crippen molar-refractivity contribution in [2.24, 2.45) is 0 Å². The predicted octanol–water partition coefficient (Wildman–Crippen LogP) is 2.19. The lowest BCUT2D eigenvalue weighted by Crippen LogP contribution is -2.36. The molecule has 0 amide bonds. The van der Waals surface area contributed by atoms with Crippen molar-refractivity contribution in [3.8, 4) is 11.3 Å². The van der Waals surface area contributed by atoms with Gasteiger partial charge in [-0.05, 0) is 24.3 Å². The number of rotatable bonds is 4. The first kappa shape index (κ1) is 17.1. The average Bonchev–Trinajstić information content (AvgIpc) is 2.75. The molecule has 0 atom stereocenters. The van der Waals surface area contributed by atoms with Crippen LogP contribution in [0.5, 0.6) is 0 Å². The standard InChI is InChI=1S/C20H19N5O2/c21-20-18(19(26)15-4-2-6-22-12-15)24-17(13-23-20)14-3-1-5-16(11-14)25-7-9-27-10-8-25/h1-6,11-13H,7-10H2,(H2,21,23). The fourth-order valence-corrected chi connectivity index (χ4v) is 3.02. The Labute approximate surface area is 156 Å². The van der Waals surface area contributed by atoms with Crippen LogP contribution in [0, 0.1) is 0 Å². The van der Waals surface area contributed by atoms with E-state index >= 15 is 0 Å². The topological polar surface area (TPSA) is 94.2 Å². The number of ether oxygens (including phenoxy) is 1. The third-order valence-corrected chi connectivity index (χ3v) is 4.46. The molecule has 1 aliphatic heterocycles. The number of nitrogens with zero attached hydrogens (tertiary/aromatic N) is 4. The van der Waals surface area contributed by atoms with E-state index in [9.17, 15) is 4.79 Å². The van der Waals surface area contributed by atoms with Crippen molar-refractivity contribution in [2.75, 3.05) is 36.9 Å². The summed E-state index contributed by atoms with van der Waals surface area (Å²) in [7, 11) is 0. The zero-order valence-electron chi connectivity index (χ0n) is 14.7. The van der Waals surface area contributed by atoms with E-state index in [1.807, 2.05) is 18.2 Å². The van der Waals surface area contributed by atoms with Gasteiger partial charge in [0, 0.05) is 42.3 Å². The number of hydrogen-bond acceptors (Lipinski definition) is 7. The second-order valence-corrected chi connectivity index (χ2v) is 6.21. The predicted molar refractivity (Wildman–Crippen MR) is 103 cm³/mol. The molecule has 0 aliphatic carbocycles. The highest BCUT2D eigenvalue weighted by molar-refractivity contribution is 6.10. The summed E-state index contributed by atoms with van der Waals surface area (Å²) in [6.07, 6.45) is 4.70. The molecule has 1 aliphatic rings. The molecule has 136 valence electrons. The molecule has 1 fully saturated rings. The van der Waals surface area contributed by atoms with Crippen LogP contribution in [0.25, 0.3) is 11.3 Å². The zero-order valence-corrected chi connectivity index (χ0v) is 14.7. The number of pyridine rings is 1. The Kier molecular flexibility index (Phi) is 4.76. The van der Waals surface area contributed by atoms with Crippen molar-refractivity contribution >= 4 is 17.3 Å². The number of benzene rings is 1. The van der Waals surface area contributed by atoms with Crippen molar-refractivity contribution in [1.29, 1.82) is 0 Å². The second-order valence-electron chi connectivity index (χ2n) is 6.21. The van der Waals surface area contributed by atoms with E-state index in [-0.39, 0.29) is 17.3 Å². The summed E-state index contributed by atoms with van der Waals surface area (Å²) in [6.45, 7) is 3.13. The number of morpholine rings is 1. The fraction of sp³-hybridized carbons (Fsp3) is 0.200. The summed E-state index contributed by atoms with van der Waals surface area (Å²) >= 11 is 0. The largest absolute Gasteiger partial charge is 0.382 e. The van der Waals surface area contributed by atoms with E-state index in [4.69, 9.17) is 10.5 Å². The summed E-state index contributed by atoms with van der Waals surface area (Å²) in [5, 5.41) is 0. The van der Waals surface area contributed by atoms with Gasteiger partial charge in [0.05, 0.1) is 25.1 Å². The van der Waals surface area contributed by atoms with Crippen LogP contribution in [0.4, 0.5) is 11.5 Å². The minimum absolute atomic E-state index is 0.108. The van der Waals surface area contributed by atoms with Gasteiger partial charge in [-0.15, -0.1) is 0 Å². The summed E-state index contributed by atoms with van der Waals surface area (Å²) in [4.78, 5) is 27.6. The number of carbonyl (C=O) groups is 1. The van der Waals surface area contributed by atoms with Crippen LogP contribution in [0.3, 0.4) is 0 Å². The molecule has 27 heavy (non-hydrogen) atoms. The molecule has 0 bridgehead atoms. The highest BCUT2D eigenvalue weighted by atomic mass is 16.5. The maximum atomic E-state index is 12.7. The third-order valence-electron chi connectivity index (χ3n) is 4.46. The molecule has 7 heteroatoms. The quantitative estimate of drug-likeness (QED) is 0.712. The molecular weight excluding hydrogens is 342 g/mol. The minimum Gasteiger partial charge on any atom is -0.382 e. The Hall–Kier alpha value is -3.32. The molecular formula is C20H19N5O2. The summed E-state index contributed by atoms with van der Waals surface area (Å²) in [5.41, 5.74) is 9.06. The normalized spacial score (nSPS) is 14.1. The van der Waals surface area contributed by atoms with Crippen molar-refractivity contribution in [3.63, 3.8) is 0 Å². The number of carbonyl (C=O) groups excluding carboxylic acids is 1. The van der Waals surface area contributed by atoms with Crippen LogP contribution in [-0.2, 0) is 4.74 Å². The monoisotopic (exact) mass is 361 g/mol. The van der Waals surface area contributed by atoms with Gasteiger partial charge in [-0.1, -0.05) is 12.1 Å². The van der Waals surface area contributed by atoms with E-state index in [1.54, 1.807) is 24.5 Å². The maximum Gasteiger partial charge on any atom is 0.216 e. The molecule has 3 aromatic rings. The maximum absolute atomic E-state index is 12.7. The molecule has 2 aromatic heterocycles. The van der Waals surface area contributed by atoms with Crippen LogP contribution in [-0.4, -0.2) is 47.0 Å². The molecule has 0 radical (unpaired) electrons. The van der Waals surface area contributed by atoms with E-state index in [2.05, 4.69) is 25.9 Å². The molecule has 7 nitrogen and oxygen atoms in total. The first-order valence-corrected chi connectivity index (χ1v) is 8.73. The lowest BCUT2D eigenvalue weighted by atomic mass is 10.1. The lowest BCUT2D eigenvalue weighted by molar-refractivity contribution is 0.103. The Balaban J connectivity index is 1.68. The van der Waals surface area contributed by atoms with Gasteiger partial charge in [-0.25, -0.2) is 9.97 Å². The van der Waals surface area contributed by atoms with Crippen molar-refractivity contribution in [1.82, 2.24) is 15.0 Å². The second kappa shape index (κ2) is 7.51. The van der Waals surface area contributed by atoms with E-state index in [0.717, 1.165) is 37.6 Å². The fourth-order valence-electron chi connectivity index (χ4n) is 3.02. The number of aromatic nitrogens is 3. The summed E-state index contributed by atoms with van der Waals surface area (Å²) < 4.78 is 5.41. The van der Waals surface area contributed by atoms with Crippen molar-refractivity contribution < 1.29 is 9.53 Å². The Morgan fingerprint density at radius 1 is 1.11 bits per heavy atom. The molecule has 0 unspecified atom stereocenters. The van der Waals surface area contributed by atoms with Crippen LogP contribution in [0.15, 0.2) is 55.0 Å². The van der Waals surface area contributed by atoms with Crippen LogP contribution < -0.4 is 10.6 Å². The van der Waals surface area contributed by atoms with E-state index in [1.165, 1.54) is 6.20 Å². The van der Waals surface area contributed by atoms with Crippen LogP contribution >= 0.6 is 0 Å². The molecule has 1 aromatic carbocycles. The lowest BCUT2D eigenvalue weighted by Gasteiger charge is -2.29. The van der Waals surface area contributed by atoms with Crippen molar-refractivity contribution in [3.05, 3.63) is 66.2 Å². The average molecular weight is 361 g/mol. The molecule has 1 saturated heterocycles. The summed E-state index contributed by atoms with van der Waals surface area (Å²) in [5.74, 6) is -0.184. The van der Waals surface area contributed by atoms with Gasteiger partial charge in [0.15, 0.2) is 11.5 Å². The number of nitrogens with two attached hydrogens (primary N) is 1. The van der Waals surface area contributed by atoms with Gasteiger partial charge in [0.2, 0.25) is 5.78 Å². The Morgan fingerprint density at radius 3 is 2.74 bits per heavy atom. The number of hydrogen-bond donors (Lipinski definition) is 1. The highest BCUT2D eigenvalue weighted by Crippen LogP contribution is 2.25. The number of ketones is 1. The molecule has 3 heterocycles. The minimum atomic E-state index is -0.292. The van der Waals surface area contributed by atoms with Gasteiger partial charge in [0.1, 0.15) is 0 Å². The molecule has 0 saturated carbocycles. The third kappa shape index (κ3) is 3.63. The van der Waals surface area contributed by atoms with Crippen molar-refractivity contribution in [2.45, 2.75) is 0 Å². The number of anilines is 2. The first-order valence-electron chi connectivity index (χ1n) is 8.73. The molecule has 0 spiro atoms. The van der Waals surface area contributed by atoms with Gasteiger partial charge < -0.3 is 15.4 Å². The van der Waals surface area contributed by atoms with Gasteiger partial charge in [-0.3, -0.25) is 9.78 Å². The van der Waals surface area contributed by atoms with Gasteiger partial charge >= 0.3 is 0 Å². The van der Waals surface area contributed by atoms with Gasteiger partial charge in [-0.2, -0.15) is 0 Å². The van der Waals surface area contributed by atoms with E-state index in [0.29, 0.717) is 11.3 Å². The Bertz CT molecular complexity index is 956. The van der Waals surface area contributed by atoms with Gasteiger partial charge in [0.25, 0.3) is 0 Å². The Morgan fingerprint density at radius 2 is 1.96 bits per heavy atom. The van der Waals surface area contributed by atoms with Crippen LogP contribution in [0.1, 0.15) is 16.1 Å². The molecule has 2 N–H and O–H groups in total. The van der Waals surface area contributed by atoms with Crippen LogP contribution in [0.2, 0.25) is 0 Å². The highest BCUT2D eigenvalue weighted by Gasteiger charge is 2.17. The molecule has 4 rings (SSSR count). The SMILES string of the molecule is Nc1ncc(-c2cccc(N3CCOCC3)c2)nc1C(=O)c1cccnc1. The zero-order chi connectivity index (χ0) is 18.6. The summed E-state index contributed by atoms with van der Waals surface area (Å²) in [6, 6.07) is 11.4. The number of nitrogen functional groups attached to an aromatic ring is 1. The first-order chi connectivity index (χ1) is 13.2. The smallest absolute Gasteiger partial charge is 0.216 e.